The summed E-state index contributed by atoms with van der Waals surface area (Å²) in [4.78, 5) is 14.2. The van der Waals surface area contributed by atoms with Crippen molar-refractivity contribution in [2.24, 2.45) is 5.73 Å². The summed E-state index contributed by atoms with van der Waals surface area (Å²) in [6.45, 7) is 6.95. The molecule has 3 nitrogen and oxygen atoms in total. The van der Waals surface area contributed by atoms with E-state index in [1.807, 2.05) is 11.8 Å². The molecule has 1 aliphatic heterocycles. The lowest BCUT2D eigenvalue weighted by atomic mass is 10.0. The van der Waals surface area contributed by atoms with Crippen molar-refractivity contribution in [1.29, 1.82) is 0 Å². The molecule has 3 heteroatoms. The standard InChI is InChI=1S/C15H22N2O/c1-10-4-5-11(2)13(8-10)9-15(18)17-7-6-14(16)12(17)3/h4-5,8,12,14H,6-7,9,16H2,1-3H3. The lowest BCUT2D eigenvalue weighted by Crippen LogP contribution is -2.41. The van der Waals surface area contributed by atoms with Crippen LogP contribution in [0.5, 0.6) is 0 Å². The third kappa shape index (κ3) is 2.56. The van der Waals surface area contributed by atoms with Crippen molar-refractivity contribution in [3.8, 4) is 0 Å². The first-order valence-electron chi connectivity index (χ1n) is 6.60. The molecule has 0 radical (unpaired) electrons. The second-order valence-electron chi connectivity index (χ2n) is 5.39. The fraction of sp³-hybridized carbons (Fsp3) is 0.533. The Morgan fingerprint density at radius 3 is 2.78 bits per heavy atom. The maximum absolute atomic E-state index is 12.3. The van der Waals surface area contributed by atoms with Gasteiger partial charge in [-0.2, -0.15) is 0 Å². The van der Waals surface area contributed by atoms with Gasteiger partial charge in [0.1, 0.15) is 0 Å². The Kier molecular flexibility index (Phi) is 3.71. The van der Waals surface area contributed by atoms with Gasteiger partial charge in [0.15, 0.2) is 0 Å². The van der Waals surface area contributed by atoms with Crippen LogP contribution in [0.25, 0.3) is 0 Å². The molecule has 0 spiro atoms. The van der Waals surface area contributed by atoms with E-state index in [2.05, 4.69) is 32.0 Å². The predicted octanol–water partition coefficient (Wildman–Crippen LogP) is 1.79. The summed E-state index contributed by atoms with van der Waals surface area (Å²) >= 11 is 0. The summed E-state index contributed by atoms with van der Waals surface area (Å²) in [7, 11) is 0. The molecule has 1 amide bonds. The Hall–Kier alpha value is -1.35. The van der Waals surface area contributed by atoms with Gasteiger partial charge in [-0.25, -0.2) is 0 Å². The van der Waals surface area contributed by atoms with Crippen LogP contribution in [0, 0.1) is 13.8 Å². The van der Waals surface area contributed by atoms with Crippen LogP contribution in [0.1, 0.15) is 30.0 Å². The maximum Gasteiger partial charge on any atom is 0.227 e. The van der Waals surface area contributed by atoms with Crippen LogP contribution in [0.2, 0.25) is 0 Å². The first kappa shape index (κ1) is 13.1. The van der Waals surface area contributed by atoms with E-state index in [1.54, 1.807) is 0 Å². The van der Waals surface area contributed by atoms with Crippen molar-refractivity contribution in [3.63, 3.8) is 0 Å². The topological polar surface area (TPSA) is 46.3 Å². The number of hydrogen-bond donors (Lipinski definition) is 1. The van der Waals surface area contributed by atoms with Gasteiger partial charge in [-0.05, 0) is 38.3 Å². The van der Waals surface area contributed by atoms with E-state index in [0.29, 0.717) is 6.42 Å². The summed E-state index contributed by atoms with van der Waals surface area (Å²) in [5.41, 5.74) is 9.48. The van der Waals surface area contributed by atoms with Crippen LogP contribution in [0.3, 0.4) is 0 Å². The van der Waals surface area contributed by atoms with Gasteiger partial charge in [0, 0.05) is 18.6 Å². The molecule has 1 aliphatic rings. The molecule has 2 unspecified atom stereocenters. The van der Waals surface area contributed by atoms with E-state index in [4.69, 9.17) is 5.73 Å². The quantitative estimate of drug-likeness (QED) is 0.865. The molecule has 0 aromatic heterocycles. The number of aryl methyl sites for hydroxylation is 2. The Morgan fingerprint density at radius 2 is 2.17 bits per heavy atom. The molecule has 98 valence electrons. The van der Waals surface area contributed by atoms with Gasteiger partial charge in [0.2, 0.25) is 5.91 Å². The second kappa shape index (κ2) is 5.11. The lowest BCUT2D eigenvalue weighted by molar-refractivity contribution is -0.131. The molecule has 0 saturated carbocycles. The molecular weight excluding hydrogens is 224 g/mol. The van der Waals surface area contributed by atoms with Gasteiger partial charge in [0.05, 0.1) is 6.42 Å². The maximum atomic E-state index is 12.3. The van der Waals surface area contributed by atoms with E-state index < -0.39 is 0 Å². The number of nitrogens with two attached hydrogens (primary N) is 1. The van der Waals surface area contributed by atoms with Crippen molar-refractivity contribution >= 4 is 5.91 Å². The highest BCUT2D eigenvalue weighted by Crippen LogP contribution is 2.19. The van der Waals surface area contributed by atoms with Crippen LogP contribution in [0.4, 0.5) is 0 Å². The average molecular weight is 246 g/mol. The van der Waals surface area contributed by atoms with Crippen molar-refractivity contribution in [3.05, 3.63) is 34.9 Å². The predicted molar refractivity (Wildman–Crippen MR) is 73.4 cm³/mol. The molecule has 1 fully saturated rings. The largest absolute Gasteiger partial charge is 0.338 e. The fourth-order valence-corrected chi connectivity index (χ4v) is 2.57. The second-order valence-corrected chi connectivity index (χ2v) is 5.39. The molecule has 18 heavy (non-hydrogen) atoms. The average Bonchev–Trinajstić information content (AvgIpc) is 2.65. The van der Waals surface area contributed by atoms with Crippen LogP contribution in [-0.4, -0.2) is 29.4 Å². The zero-order valence-corrected chi connectivity index (χ0v) is 11.4. The Balaban J connectivity index is 2.10. The van der Waals surface area contributed by atoms with Crippen LogP contribution in [0.15, 0.2) is 18.2 Å². The van der Waals surface area contributed by atoms with E-state index in [1.165, 1.54) is 11.1 Å². The summed E-state index contributed by atoms with van der Waals surface area (Å²) in [5.74, 6) is 0.198. The monoisotopic (exact) mass is 246 g/mol. The van der Waals surface area contributed by atoms with Crippen molar-refractivity contribution < 1.29 is 4.79 Å². The number of amides is 1. The number of rotatable bonds is 2. The molecule has 1 aromatic carbocycles. The molecular formula is C15H22N2O. The summed E-state index contributed by atoms with van der Waals surface area (Å²) in [5, 5.41) is 0. The zero-order chi connectivity index (χ0) is 13.3. The first-order valence-corrected chi connectivity index (χ1v) is 6.60. The Bertz CT molecular complexity index is 456. The molecule has 0 bridgehead atoms. The Morgan fingerprint density at radius 1 is 1.44 bits per heavy atom. The highest BCUT2D eigenvalue weighted by atomic mass is 16.2. The number of carbonyl (C=O) groups is 1. The minimum absolute atomic E-state index is 0.132. The third-order valence-electron chi connectivity index (χ3n) is 3.98. The molecule has 1 heterocycles. The van der Waals surface area contributed by atoms with E-state index in [0.717, 1.165) is 18.5 Å². The fourth-order valence-electron chi connectivity index (χ4n) is 2.57. The van der Waals surface area contributed by atoms with Gasteiger partial charge in [-0.1, -0.05) is 23.8 Å². The van der Waals surface area contributed by atoms with Gasteiger partial charge >= 0.3 is 0 Å². The number of hydrogen-bond acceptors (Lipinski definition) is 2. The van der Waals surface area contributed by atoms with E-state index >= 15 is 0 Å². The molecule has 2 N–H and O–H groups in total. The lowest BCUT2D eigenvalue weighted by Gasteiger charge is -2.23. The third-order valence-corrected chi connectivity index (χ3v) is 3.98. The first-order chi connectivity index (χ1) is 8.49. The summed E-state index contributed by atoms with van der Waals surface area (Å²) in [6.07, 6.45) is 1.41. The van der Waals surface area contributed by atoms with E-state index in [-0.39, 0.29) is 18.0 Å². The number of carbonyl (C=O) groups excluding carboxylic acids is 1. The number of nitrogens with zero attached hydrogens (tertiary/aromatic N) is 1. The normalized spacial score (nSPS) is 23.4. The SMILES string of the molecule is Cc1ccc(C)c(CC(=O)N2CCC(N)C2C)c1. The van der Waals surface area contributed by atoms with Crippen LogP contribution in [-0.2, 0) is 11.2 Å². The molecule has 1 aromatic rings. The number of likely N-dealkylation sites (tertiary alicyclic amines) is 1. The highest BCUT2D eigenvalue weighted by molar-refractivity contribution is 5.80. The minimum Gasteiger partial charge on any atom is -0.338 e. The van der Waals surface area contributed by atoms with Crippen molar-refractivity contribution in [1.82, 2.24) is 4.90 Å². The highest BCUT2D eigenvalue weighted by Gasteiger charge is 2.31. The van der Waals surface area contributed by atoms with Crippen LogP contribution < -0.4 is 5.73 Å². The van der Waals surface area contributed by atoms with Gasteiger partial charge < -0.3 is 10.6 Å². The smallest absolute Gasteiger partial charge is 0.227 e. The van der Waals surface area contributed by atoms with Gasteiger partial charge in [-0.3, -0.25) is 4.79 Å². The van der Waals surface area contributed by atoms with Crippen molar-refractivity contribution in [2.75, 3.05) is 6.54 Å². The van der Waals surface area contributed by atoms with Gasteiger partial charge in [-0.15, -0.1) is 0 Å². The molecule has 0 aliphatic carbocycles. The molecule has 1 saturated heterocycles. The Labute approximate surface area is 109 Å². The zero-order valence-electron chi connectivity index (χ0n) is 11.4. The molecule has 2 rings (SSSR count). The van der Waals surface area contributed by atoms with E-state index in [9.17, 15) is 4.79 Å². The van der Waals surface area contributed by atoms with Gasteiger partial charge in [0.25, 0.3) is 0 Å². The minimum atomic E-state index is 0.132. The van der Waals surface area contributed by atoms with Crippen molar-refractivity contribution in [2.45, 2.75) is 45.7 Å². The summed E-state index contributed by atoms with van der Waals surface area (Å²) in [6, 6.07) is 6.57. The molecule has 2 atom stereocenters. The van der Waals surface area contributed by atoms with Crippen LogP contribution >= 0.6 is 0 Å². The summed E-state index contributed by atoms with van der Waals surface area (Å²) < 4.78 is 0. The number of benzene rings is 1.